The van der Waals surface area contributed by atoms with E-state index in [2.05, 4.69) is 51.4 Å². The smallest absolute Gasteiger partial charge is 0.210 e. The molecule has 0 saturated heterocycles. The standard InChI is InChI=1S/C18H15BrN2OS/c19-11-4-5-14-13(8-11)12-2-1-3-15(16(12)20-14)21-9-10-6-7-23-17(10)18(21)22/h4-9,15,20,22H,1-3H2. The molecular weight excluding hydrogens is 372 g/mol. The van der Waals surface area contributed by atoms with Gasteiger partial charge in [0.1, 0.15) is 0 Å². The summed E-state index contributed by atoms with van der Waals surface area (Å²) in [4.78, 5) is 3.61. The van der Waals surface area contributed by atoms with Gasteiger partial charge in [-0.3, -0.25) is 0 Å². The van der Waals surface area contributed by atoms with Gasteiger partial charge < -0.3 is 14.7 Å². The molecule has 0 radical (unpaired) electrons. The van der Waals surface area contributed by atoms with Crippen LogP contribution in [0.1, 0.15) is 30.1 Å². The monoisotopic (exact) mass is 386 g/mol. The normalized spacial score (nSPS) is 17.9. The molecule has 3 aromatic heterocycles. The Hall–Kier alpha value is -1.72. The van der Waals surface area contributed by atoms with Gasteiger partial charge >= 0.3 is 0 Å². The maximum absolute atomic E-state index is 10.6. The molecule has 3 heterocycles. The Morgan fingerprint density at radius 2 is 2.22 bits per heavy atom. The Balaban J connectivity index is 1.73. The number of fused-ring (bicyclic) bond motifs is 4. The number of hydrogen-bond donors (Lipinski definition) is 2. The molecule has 1 atom stereocenters. The van der Waals surface area contributed by atoms with E-state index in [1.54, 1.807) is 11.3 Å². The highest BCUT2D eigenvalue weighted by molar-refractivity contribution is 9.10. The zero-order valence-corrected chi connectivity index (χ0v) is 14.7. The summed E-state index contributed by atoms with van der Waals surface area (Å²) in [7, 11) is 0. The second-order valence-corrected chi connectivity index (χ2v) is 8.01. The summed E-state index contributed by atoms with van der Waals surface area (Å²) in [6.07, 6.45) is 5.37. The van der Waals surface area contributed by atoms with Gasteiger partial charge in [0.2, 0.25) is 5.88 Å². The van der Waals surface area contributed by atoms with Crippen LogP contribution in [0, 0.1) is 0 Å². The lowest BCUT2D eigenvalue weighted by Crippen LogP contribution is -2.16. The largest absolute Gasteiger partial charge is 0.493 e. The van der Waals surface area contributed by atoms with E-state index in [1.165, 1.54) is 22.2 Å². The van der Waals surface area contributed by atoms with Crippen LogP contribution >= 0.6 is 27.3 Å². The molecule has 0 saturated carbocycles. The van der Waals surface area contributed by atoms with Crippen molar-refractivity contribution in [3.05, 3.63) is 51.6 Å². The minimum absolute atomic E-state index is 0.185. The molecule has 1 aromatic carbocycles. The topological polar surface area (TPSA) is 41.0 Å². The number of aryl methyl sites for hydroxylation is 1. The molecule has 0 aliphatic heterocycles. The van der Waals surface area contributed by atoms with E-state index in [0.29, 0.717) is 5.88 Å². The van der Waals surface area contributed by atoms with E-state index < -0.39 is 0 Å². The molecule has 23 heavy (non-hydrogen) atoms. The third kappa shape index (κ3) is 1.93. The van der Waals surface area contributed by atoms with E-state index in [4.69, 9.17) is 0 Å². The molecule has 116 valence electrons. The zero-order valence-electron chi connectivity index (χ0n) is 12.3. The number of aromatic nitrogens is 2. The molecule has 0 bridgehead atoms. The van der Waals surface area contributed by atoms with Crippen LogP contribution in [-0.4, -0.2) is 14.7 Å². The Morgan fingerprint density at radius 3 is 3.09 bits per heavy atom. The second kappa shape index (κ2) is 4.89. The summed E-state index contributed by atoms with van der Waals surface area (Å²) < 4.78 is 4.14. The van der Waals surface area contributed by atoms with Crippen LogP contribution in [0.25, 0.3) is 21.0 Å². The van der Waals surface area contributed by atoms with Crippen molar-refractivity contribution in [2.45, 2.75) is 25.3 Å². The number of rotatable bonds is 1. The number of H-pyrrole nitrogens is 1. The van der Waals surface area contributed by atoms with E-state index in [-0.39, 0.29) is 6.04 Å². The third-order valence-corrected chi connectivity index (χ3v) is 6.32. The number of hydrogen-bond acceptors (Lipinski definition) is 2. The van der Waals surface area contributed by atoms with Crippen LogP contribution in [0.5, 0.6) is 5.88 Å². The fourth-order valence-electron chi connectivity index (χ4n) is 3.86. The number of thiophene rings is 1. The fraction of sp³-hybridized carbons (Fsp3) is 0.222. The summed E-state index contributed by atoms with van der Waals surface area (Å²) in [6, 6.07) is 8.65. The van der Waals surface area contributed by atoms with Crippen molar-refractivity contribution in [2.75, 3.05) is 0 Å². The highest BCUT2D eigenvalue weighted by Gasteiger charge is 2.27. The Bertz CT molecular complexity index is 1040. The Labute approximate surface area is 145 Å². The molecule has 2 N–H and O–H groups in total. The third-order valence-electron chi connectivity index (χ3n) is 4.90. The van der Waals surface area contributed by atoms with Gasteiger partial charge in [-0.2, -0.15) is 0 Å². The highest BCUT2D eigenvalue weighted by atomic mass is 79.9. The van der Waals surface area contributed by atoms with Crippen molar-refractivity contribution in [1.29, 1.82) is 0 Å². The number of aromatic hydroxyl groups is 1. The maximum Gasteiger partial charge on any atom is 0.210 e. The molecule has 0 fully saturated rings. The van der Waals surface area contributed by atoms with Crippen molar-refractivity contribution in [2.24, 2.45) is 0 Å². The average Bonchev–Trinajstić information content (AvgIpc) is 3.22. The molecule has 0 amide bonds. The second-order valence-electron chi connectivity index (χ2n) is 6.18. The van der Waals surface area contributed by atoms with Crippen LogP contribution < -0.4 is 0 Å². The molecule has 1 unspecified atom stereocenters. The van der Waals surface area contributed by atoms with Gasteiger partial charge in [0.15, 0.2) is 0 Å². The summed E-state index contributed by atoms with van der Waals surface area (Å²) in [6.45, 7) is 0. The van der Waals surface area contributed by atoms with Gasteiger partial charge in [0, 0.05) is 32.7 Å². The predicted molar refractivity (Wildman–Crippen MR) is 98.6 cm³/mol. The minimum atomic E-state index is 0.185. The number of aromatic amines is 1. The van der Waals surface area contributed by atoms with Gasteiger partial charge in [0.05, 0.1) is 10.7 Å². The molecule has 4 aromatic rings. The molecule has 1 aliphatic carbocycles. The Morgan fingerprint density at radius 1 is 1.30 bits per heavy atom. The van der Waals surface area contributed by atoms with Crippen LogP contribution in [0.4, 0.5) is 0 Å². The van der Waals surface area contributed by atoms with Crippen molar-refractivity contribution < 1.29 is 5.11 Å². The molecule has 1 aliphatic rings. The van der Waals surface area contributed by atoms with E-state index in [9.17, 15) is 5.11 Å². The number of halogens is 1. The van der Waals surface area contributed by atoms with Crippen LogP contribution in [0.15, 0.2) is 40.3 Å². The predicted octanol–water partition coefficient (Wildman–Crippen LogP) is 5.58. The van der Waals surface area contributed by atoms with E-state index in [1.807, 2.05) is 9.95 Å². The van der Waals surface area contributed by atoms with Gasteiger partial charge in [0.25, 0.3) is 0 Å². The van der Waals surface area contributed by atoms with Crippen LogP contribution in [0.2, 0.25) is 0 Å². The lowest BCUT2D eigenvalue weighted by Gasteiger charge is -2.24. The number of nitrogens with zero attached hydrogens (tertiary/aromatic N) is 1. The fourth-order valence-corrected chi connectivity index (χ4v) is 5.04. The number of nitrogens with one attached hydrogen (secondary N) is 1. The van der Waals surface area contributed by atoms with Gasteiger partial charge in [-0.05, 0) is 54.5 Å². The first-order chi connectivity index (χ1) is 11.2. The SMILES string of the molecule is Oc1c2sccc2cn1C1CCCc2c1[nH]c1ccc(Br)cc21. The van der Waals surface area contributed by atoms with Crippen molar-refractivity contribution in [3.8, 4) is 5.88 Å². The lowest BCUT2D eigenvalue weighted by atomic mass is 9.91. The molecule has 5 rings (SSSR count). The van der Waals surface area contributed by atoms with Crippen molar-refractivity contribution >= 4 is 48.3 Å². The molecular formula is C18H15BrN2OS. The molecule has 0 spiro atoms. The first-order valence-electron chi connectivity index (χ1n) is 7.79. The quantitative estimate of drug-likeness (QED) is 0.440. The summed E-state index contributed by atoms with van der Waals surface area (Å²) in [5.74, 6) is 0.396. The summed E-state index contributed by atoms with van der Waals surface area (Å²) in [5.41, 5.74) is 3.83. The molecule has 5 heteroatoms. The van der Waals surface area contributed by atoms with Gasteiger partial charge in [-0.15, -0.1) is 11.3 Å². The van der Waals surface area contributed by atoms with Gasteiger partial charge in [-0.25, -0.2) is 0 Å². The molecule has 3 nitrogen and oxygen atoms in total. The van der Waals surface area contributed by atoms with Crippen LogP contribution in [0.3, 0.4) is 0 Å². The minimum Gasteiger partial charge on any atom is -0.493 e. The first kappa shape index (κ1) is 13.7. The lowest BCUT2D eigenvalue weighted by molar-refractivity contribution is 0.383. The highest BCUT2D eigenvalue weighted by Crippen LogP contribution is 2.42. The first-order valence-corrected chi connectivity index (χ1v) is 9.46. The summed E-state index contributed by atoms with van der Waals surface area (Å²) >= 11 is 5.18. The van der Waals surface area contributed by atoms with Crippen LogP contribution in [-0.2, 0) is 6.42 Å². The average molecular weight is 387 g/mol. The Kier molecular flexibility index (Phi) is 2.91. The van der Waals surface area contributed by atoms with Gasteiger partial charge in [-0.1, -0.05) is 15.9 Å². The van der Waals surface area contributed by atoms with Crippen molar-refractivity contribution in [1.82, 2.24) is 9.55 Å². The van der Waals surface area contributed by atoms with E-state index >= 15 is 0 Å². The van der Waals surface area contributed by atoms with Crippen molar-refractivity contribution in [3.63, 3.8) is 0 Å². The number of benzene rings is 1. The summed E-state index contributed by atoms with van der Waals surface area (Å²) in [5, 5.41) is 15.1. The maximum atomic E-state index is 10.6. The zero-order chi connectivity index (χ0) is 15.6. The van der Waals surface area contributed by atoms with E-state index in [0.717, 1.165) is 33.8 Å².